The topological polar surface area (TPSA) is 76.7 Å². The van der Waals surface area contributed by atoms with Gasteiger partial charge in [0.05, 0.1) is 21.5 Å². The third kappa shape index (κ3) is 2.11. The van der Waals surface area contributed by atoms with E-state index in [1.165, 1.54) is 4.70 Å². The fourth-order valence-electron chi connectivity index (χ4n) is 3.60. The molecule has 6 heteroatoms. The number of thiophene rings is 1. The Morgan fingerprint density at radius 3 is 2.83 bits per heavy atom. The van der Waals surface area contributed by atoms with E-state index < -0.39 is 5.60 Å². The summed E-state index contributed by atoms with van der Waals surface area (Å²) >= 11 is 1.69. The van der Waals surface area contributed by atoms with Crippen molar-refractivity contribution in [1.82, 2.24) is 20.5 Å². The van der Waals surface area contributed by atoms with E-state index in [0.717, 1.165) is 59.3 Å². The molecule has 122 valence electrons. The van der Waals surface area contributed by atoms with Gasteiger partial charge in [-0.2, -0.15) is 5.10 Å². The largest absolute Gasteiger partial charge is 0.385 e. The number of aromatic nitrogens is 3. The highest BCUT2D eigenvalue weighted by Gasteiger charge is 2.31. The van der Waals surface area contributed by atoms with E-state index in [-0.39, 0.29) is 0 Å². The second-order valence-corrected chi connectivity index (χ2v) is 7.42. The van der Waals surface area contributed by atoms with E-state index >= 15 is 0 Å². The first-order valence-electron chi connectivity index (χ1n) is 8.21. The lowest BCUT2D eigenvalue weighted by Crippen LogP contribution is -2.39. The number of aromatic amines is 2. The van der Waals surface area contributed by atoms with E-state index in [1.807, 2.05) is 6.07 Å². The summed E-state index contributed by atoms with van der Waals surface area (Å²) < 4.78 is 1.17. The molecule has 3 aromatic heterocycles. The molecular weight excluding hydrogens is 320 g/mol. The van der Waals surface area contributed by atoms with Crippen LogP contribution in [0, 0.1) is 0 Å². The van der Waals surface area contributed by atoms with E-state index in [0.29, 0.717) is 0 Å². The molecule has 4 aromatic rings. The minimum atomic E-state index is -0.724. The van der Waals surface area contributed by atoms with Crippen LogP contribution in [0.2, 0.25) is 0 Å². The molecule has 1 aromatic carbocycles. The van der Waals surface area contributed by atoms with Crippen LogP contribution < -0.4 is 5.32 Å². The fourth-order valence-corrected chi connectivity index (χ4v) is 4.45. The summed E-state index contributed by atoms with van der Waals surface area (Å²) in [4.78, 5) is 3.47. The van der Waals surface area contributed by atoms with Crippen LogP contribution in [0.1, 0.15) is 18.4 Å². The van der Waals surface area contributed by atoms with Crippen LogP contribution in [-0.2, 0) is 5.60 Å². The molecule has 0 unspecified atom stereocenters. The van der Waals surface area contributed by atoms with Crippen molar-refractivity contribution < 1.29 is 5.11 Å². The molecule has 0 aliphatic carbocycles. The lowest BCUT2D eigenvalue weighted by molar-refractivity contribution is 0.00605. The summed E-state index contributed by atoms with van der Waals surface area (Å²) in [5.41, 5.74) is 4.35. The van der Waals surface area contributed by atoms with Crippen molar-refractivity contribution in [2.24, 2.45) is 0 Å². The molecule has 0 atom stereocenters. The minimum absolute atomic E-state index is 0.724. The summed E-state index contributed by atoms with van der Waals surface area (Å²) in [6.45, 7) is 1.71. The zero-order chi connectivity index (χ0) is 16.1. The molecular formula is C18H18N4OS. The quantitative estimate of drug-likeness (QED) is 0.453. The Balaban J connectivity index is 1.60. The SMILES string of the molecule is OC1(c2ccc3cc(-c4n[nH]c5ccsc45)[nH]c3c2)CCNCC1. The number of hydrogen-bond donors (Lipinski definition) is 4. The number of nitrogens with one attached hydrogen (secondary N) is 3. The smallest absolute Gasteiger partial charge is 0.126 e. The molecule has 0 bridgehead atoms. The van der Waals surface area contributed by atoms with Crippen molar-refractivity contribution in [1.29, 1.82) is 0 Å². The highest BCUT2D eigenvalue weighted by molar-refractivity contribution is 7.17. The molecule has 24 heavy (non-hydrogen) atoms. The van der Waals surface area contributed by atoms with Crippen LogP contribution in [0.3, 0.4) is 0 Å². The molecule has 4 heterocycles. The number of fused-ring (bicyclic) bond motifs is 2. The fraction of sp³-hybridized carbons (Fsp3) is 0.278. The minimum Gasteiger partial charge on any atom is -0.385 e. The molecule has 0 amide bonds. The molecule has 5 rings (SSSR count). The van der Waals surface area contributed by atoms with Crippen LogP contribution in [0.5, 0.6) is 0 Å². The molecule has 1 aliphatic heterocycles. The molecule has 1 aliphatic rings. The number of H-pyrrole nitrogens is 2. The van der Waals surface area contributed by atoms with Crippen molar-refractivity contribution in [2.45, 2.75) is 18.4 Å². The Kier molecular flexibility index (Phi) is 3.06. The predicted molar refractivity (Wildman–Crippen MR) is 97.3 cm³/mol. The van der Waals surface area contributed by atoms with Crippen molar-refractivity contribution in [2.75, 3.05) is 13.1 Å². The Bertz CT molecular complexity index is 1020. The van der Waals surface area contributed by atoms with E-state index in [1.54, 1.807) is 11.3 Å². The standard InChI is InChI=1S/C18H18N4OS/c23-18(4-6-19-7-5-18)12-2-1-11-9-15(20-14(11)10-12)16-17-13(21-22-16)3-8-24-17/h1-3,8-10,19-20,23H,4-7H2,(H,21,22). The number of aliphatic hydroxyl groups is 1. The van der Waals surface area contributed by atoms with Crippen LogP contribution in [0.25, 0.3) is 32.5 Å². The van der Waals surface area contributed by atoms with Crippen molar-refractivity contribution in [3.05, 3.63) is 41.3 Å². The summed E-state index contributed by atoms with van der Waals surface area (Å²) in [6, 6.07) is 10.4. The van der Waals surface area contributed by atoms with Gasteiger partial charge in [0.15, 0.2) is 0 Å². The van der Waals surface area contributed by atoms with Crippen LogP contribution in [0.4, 0.5) is 0 Å². The van der Waals surface area contributed by atoms with E-state index in [2.05, 4.69) is 50.1 Å². The third-order valence-corrected chi connectivity index (χ3v) is 5.94. The van der Waals surface area contributed by atoms with Crippen molar-refractivity contribution >= 4 is 32.5 Å². The molecule has 1 saturated heterocycles. The third-order valence-electron chi connectivity index (χ3n) is 5.01. The summed E-state index contributed by atoms with van der Waals surface area (Å²) in [5.74, 6) is 0. The lowest BCUT2D eigenvalue weighted by atomic mass is 9.85. The second-order valence-electron chi connectivity index (χ2n) is 6.50. The Hall–Kier alpha value is -2.15. The van der Waals surface area contributed by atoms with Gasteiger partial charge in [0.25, 0.3) is 0 Å². The number of benzene rings is 1. The number of hydrogen-bond acceptors (Lipinski definition) is 4. The predicted octanol–water partition coefficient (Wildman–Crippen LogP) is 3.34. The van der Waals surface area contributed by atoms with Gasteiger partial charge < -0.3 is 15.4 Å². The Morgan fingerprint density at radius 1 is 1.08 bits per heavy atom. The number of piperidine rings is 1. The van der Waals surface area contributed by atoms with Crippen LogP contribution in [0.15, 0.2) is 35.7 Å². The molecule has 4 N–H and O–H groups in total. The van der Waals surface area contributed by atoms with Gasteiger partial charge in [-0.3, -0.25) is 5.10 Å². The number of rotatable bonds is 2. The zero-order valence-electron chi connectivity index (χ0n) is 13.1. The molecule has 5 nitrogen and oxygen atoms in total. The number of nitrogens with zero attached hydrogens (tertiary/aromatic N) is 1. The van der Waals surface area contributed by atoms with Gasteiger partial charge in [-0.1, -0.05) is 12.1 Å². The van der Waals surface area contributed by atoms with Crippen LogP contribution >= 0.6 is 11.3 Å². The maximum Gasteiger partial charge on any atom is 0.126 e. The van der Waals surface area contributed by atoms with Crippen molar-refractivity contribution in [3.8, 4) is 11.4 Å². The van der Waals surface area contributed by atoms with E-state index in [9.17, 15) is 5.11 Å². The highest BCUT2D eigenvalue weighted by Crippen LogP contribution is 2.35. The Labute approximate surface area is 142 Å². The first-order chi connectivity index (χ1) is 11.7. The summed E-state index contributed by atoms with van der Waals surface area (Å²) in [6.07, 6.45) is 1.50. The average Bonchev–Trinajstić information content (AvgIpc) is 3.29. The molecule has 0 spiro atoms. The van der Waals surface area contributed by atoms with Gasteiger partial charge in [-0.05, 0) is 55.1 Å². The molecule has 0 saturated carbocycles. The maximum absolute atomic E-state index is 10.9. The molecule has 1 fully saturated rings. The normalized spacial score (nSPS) is 17.7. The lowest BCUT2D eigenvalue weighted by Gasteiger charge is -2.33. The van der Waals surface area contributed by atoms with Gasteiger partial charge in [-0.25, -0.2) is 0 Å². The van der Waals surface area contributed by atoms with Gasteiger partial charge >= 0.3 is 0 Å². The van der Waals surface area contributed by atoms with Crippen molar-refractivity contribution in [3.63, 3.8) is 0 Å². The van der Waals surface area contributed by atoms with Gasteiger partial charge in [0.1, 0.15) is 5.69 Å². The maximum atomic E-state index is 10.9. The average molecular weight is 338 g/mol. The van der Waals surface area contributed by atoms with Gasteiger partial charge in [0, 0.05) is 10.9 Å². The first-order valence-corrected chi connectivity index (χ1v) is 9.09. The Morgan fingerprint density at radius 2 is 1.96 bits per heavy atom. The zero-order valence-corrected chi connectivity index (χ0v) is 13.9. The monoisotopic (exact) mass is 338 g/mol. The van der Waals surface area contributed by atoms with E-state index in [4.69, 9.17) is 0 Å². The summed E-state index contributed by atoms with van der Waals surface area (Å²) in [5, 5.41) is 25.0. The summed E-state index contributed by atoms with van der Waals surface area (Å²) in [7, 11) is 0. The highest BCUT2D eigenvalue weighted by atomic mass is 32.1. The van der Waals surface area contributed by atoms with Gasteiger partial charge in [-0.15, -0.1) is 11.3 Å². The van der Waals surface area contributed by atoms with Crippen LogP contribution in [-0.4, -0.2) is 33.4 Å². The second kappa shape index (κ2) is 5.17. The van der Waals surface area contributed by atoms with Gasteiger partial charge in [0.2, 0.25) is 0 Å². The molecule has 0 radical (unpaired) electrons. The first kappa shape index (κ1) is 14.2.